The lowest BCUT2D eigenvalue weighted by Crippen LogP contribution is -1.97. The summed E-state index contributed by atoms with van der Waals surface area (Å²) >= 11 is 7.21. The van der Waals surface area contributed by atoms with Crippen molar-refractivity contribution in [2.75, 3.05) is 7.11 Å². The SMILES string of the molecule is COc1cc(C)c(Br)cc1C(Br)c1ccc(C)o1. The molecule has 0 spiro atoms. The van der Waals surface area contributed by atoms with Gasteiger partial charge in [0.25, 0.3) is 0 Å². The van der Waals surface area contributed by atoms with E-state index < -0.39 is 0 Å². The van der Waals surface area contributed by atoms with Crippen LogP contribution in [0.5, 0.6) is 5.75 Å². The van der Waals surface area contributed by atoms with E-state index in [4.69, 9.17) is 9.15 Å². The lowest BCUT2D eigenvalue weighted by molar-refractivity contribution is 0.407. The third-order valence-electron chi connectivity index (χ3n) is 2.79. The number of methoxy groups -OCH3 is 1. The van der Waals surface area contributed by atoms with Crippen LogP contribution < -0.4 is 4.74 Å². The van der Waals surface area contributed by atoms with E-state index in [2.05, 4.69) is 37.9 Å². The van der Waals surface area contributed by atoms with Gasteiger partial charge in [0.15, 0.2) is 0 Å². The molecule has 1 heterocycles. The summed E-state index contributed by atoms with van der Waals surface area (Å²) in [7, 11) is 1.68. The highest BCUT2D eigenvalue weighted by atomic mass is 79.9. The van der Waals surface area contributed by atoms with Crippen LogP contribution in [0.1, 0.15) is 27.5 Å². The molecule has 1 atom stereocenters. The number of furan rings is 1. The van der Waals surface area contributed by atoms with E-state index in [1.165, 1.54) is 0 Å². The van der Waals surface area contributed by atoms with E-state index in [-0.39, 0.29) is 4.83 Å². The predicted molar refractivity (Wildman–Crippen MR) is 79.6 cm³/mol. The summed E-state index contributed by atoms with van der Waals surface area (Å²) in [6.45, 7) is 3.97. The molecule has 1 unspecified atom stereocenters. The second-order valence-corrected chi connectivity index (χ2v) is 5.92. The molecule has 0 saturated heterocycles. The average molecular weight is 374 g/mol. The first kappa shape index (κ1) is 13.7. The first-order chi connectivity index (χ1) is 8.52. The molecule has 0 fully saturated rings. The van der Waals surface area contributed by atoms with E-state index in [9.17, 15) is 0 Å². The molecular formula is C14H14Br2O2. The van der Waals surface area contributed by atoms with E-state index in [0.717, 1.165) is 32.9 Å². The molecule has 4 heteroatoms. The van der Waals surface area contributed by atoms with Crippen LogP contribution in [0.2, 0.25) is 0 Å². The fourth-order valence-electron chi connectivity index (χ4n) is 1.79. The molecule has 96 valence electrons. The molecule has 0 amide bonds. The number of hydrogen-bond donors (Lipinski definition) is 0. The van der Waals surface area contributed by atoms with Crippen LogP contribution in [-0.4, -0.2) is 7.11 Å². The maximum atomic E-state index is 5.65. The Morgan fingerprint density at radius 1 is 1.22 bits per heavy atom. The summed E-state index contributed by atoms with van der Waals surface area (Å²) in [5, 5.41) is 0. The predicted octanol–water partition coefficient (Wildman–Crippen LogP) is 5.15. The van der Waals surface area contributed by atoms with Crippen LogP contribution in [0, 0.1) is 13.8 Å². The van der Waals surface area contributed by atoms with Gasteiger partial charge in [-0.25, -0.2) is 0 Å². The molecule has 2 aromatic rings. The van der Waals surface area contributed by atoms with Gasteiger partial charge in [0, 0.05) is 10.0 Å². The van der Waals surface area contributed by atoms with Crippen molar-refractivity contribution < 1.29 is 9.15 Å². The Morgan fingerprint density at radius 2 is 1.94 bits per heavy atom. The second-order valence-electron chi connectivity index (χ2n) is 4.15. The van der Waals surface area contributed by atoms with E-state index in [1.807, 2.05) is 32.0 Å². The average Bonchev–Trinajstić information content (AvgIpc) is 2.78. The molecule has 2 nitrogen and oxygen atoms in total. The van der Waals surface area contributed by atoms with E-state index in [1.54, 1.807) is 7.11 Å². The third kappa shape index (κ3) is 2.64. The molecule has 0 aliphatic heterocycles. The van der Waals surface area contributed by atoms with Crippen molar-refractivity contribution in [3.05, 3.63) is 51.4 Å². The van der Waals surface area contributed by atoms with Gasteiger partial charge in [0.05, 0.1) is 7.11 Å². The fourth-order valence-corrected chi connectivity index (χ4v) is 2.75. The molecule has 0 aliphatic rings. The van der Waals surface area contributed by atoms with Gasteiger partial charge in [0.2, 0.25) is 0 Å². The van der Waals surface area contributed by atoms with Gasteiger partial charge in [0.1, 0.15) is 22.1 Å². The van der Waals surface area contributed by atoms with Crippen molar-refractivity contribution in [3.63, 3.8) is 0 Å². The molecule has 0 radical (unpaired) electrons. The number of aryl methyl sites for hydroxylation is 2. The van der Waals surface area contributed by atoms with Crippen molar-refractivity contribution >= 4 is 31.9 Å². The summed E-state index contributed by atoms with van der Waals surface area (Å²) in [6, 6.07) is 8.01. The number of alkyl halides is 1. The molecule has 0 saturated carbocycles. The number of ether oxygens (including phenoxy) is 1. The van der Waals surface area contributed by atoms with Crippen molar-refractivity contribution in [2.24, 2.45) is 0 Å². The van der Waals surface area contributed by atoms with Gasteiger partial charge < -0.3 is 9.15 Å². The number of hydrogen-bond acceptors (Lipinski definition) is 2. The summed E-state index contributed by atoms with van der Waals surface area (Å²) in [5.41, 5.74) is 2.19. The minimum Gasteiger partial charge on any atom is -0.496 e. The minimum atomic E-state index is -0.0157. The Labute approximate surface area is 124 Å². The highest BCUT2D eigenvalue weighted by molar-refractivity contribution is 9.10. The Hall–Kier alpha value is -0.740. The van der Waals surface area contributed by atoms with Gasteiger partial charge in [-0.15, -0.1) is 0 Å². The number of benzene rings is 1. The highest BCUT2D eigenvalue weighted by Gasteiger charge is 2.19. The van der Waals surface area contributed by atoms with E-state index in [0.29, 0.717) is 0 Å². The summed E-state index contributed by atoms with van der Waals surface area (Å²) < 4.78 is 12.2. The Kier molecular flexibility index (Phi) is 4.17. The van der Waals surface area contributed by atoms with Crippen LogP contribution in [-0.2, 0) is 0 Å². The largest absolute Gasteiger partial charge is 0.496 e. The maximum absolute atomic E-state index is 5.65. The monoisotopic (exact) mass is 372 g/mol. The lowest BCUT2D eigenvalue weighted by atomic mass is 10.1. The zero-order chi connectivity index (χ0) is 13.3. The number of rotatable bonds is 3. The molecule has 1 aromatic heterocycles. The van der Waals surface area contributed by atoms with Crippen LogP contribution in [0.4, 0.5) is 0 Å². The van der Waals surface area contributed by atoms with E-state index >= 15 is 0 Å². The molecule has 0 bridgehead atoms. The maximum Gasteiger partial charge on any atom is 0.123 e. The Morgan fingerprint density at radius 3 is 2.50 bits per heavy atom. The molecule has 0 aliphatic carbocycles. The molecule has 18 heavy (non-hydrogen) atoms. The Bertz CT molecular complexity index is 561. The molecule has 0 N–H and O–H groups in total. The van der Waals surface area contributed by atoms with Crippen LogP contribution in [0.25, 0.3) is 0 Å². The first-order valence-corrected chi connectivity index (χ1v) is 7.28. The third-order valence-corrected chi connectivity index (χ3v) is 4.59. The Balaban J connectivity index is 2.46. The van der Waals surface area contributed by atoms with Crippen LogP contribution in [0.15, 0.2) is 33.2 Å². The zero-order valence-electron chi connectivity index (χ0n) is 10.5. The topological polar surface area (TPSA) is 22.4 Å². The molecular weight excluding hydrogens is 360 g/mol. The van der Waals surface area contributed by atoms with Gasteiger partial charge in [-0.05, 0) is 43.7 Å². The smallest absolute Gasteiger partial charge is 0.123 e. The van der Waals surface area contributed by atoms with Gasteiger partial charge >= 0.3 is 0 Å². The van der Waals surface area contributed by atoms with Gasteiger partial charge in [-0.3, -0.25) is 0 Å². The number of halogens is 2. The van der Waals surface area contributed by atoms with Crippen molar-refractivity contribution in [1.29, 1.82) is 0 Å². The van der Waals surface area contributed by atoms with Crippen LogP contribution >= 0.6 is 31.9 Å². The van der Waals surface area contributed by atoms with Gasteiger partial charge in [-0.2, -0.15) is 0 Å². The van der Waals surface area contributed by atoms with Crippen molar-refractivity contribution in [3.8, 4) is 5.75 Å². The summed E-state index contributed by atoms with van der Waals surface area (Å²) in [6.07, 6.45) is 0. The first-order valence-electron chi connectivity index (χ1n) is 5.57. The van der Waals surface area contributed by atoms with Gasteiger partial charge in [-0.1, -0.05) is 31.9 Å². The molecule has 1 aromatic carbocycles. The van der Waals surface area contributed by atoms with Crippen molar-refractivity contribution in [1.82, 2.24) is 0 Å². The fraction of sp³-hybridized carbons (Fsp3) is 0.286. The summed E-state index contributed by atoms with van der Waals surface area (Å²) in [4.78, 5) is -0.0157. The second kappa shape index (κ2) is 5.49. The quantitative estimate of drug-likeness (QED) is 0.694. The normalized spacial score (nSPS) is 12.5. The van der Waals surface area contributed by atoms with Crippen molar-refractivity contribution in [2.45, 2.75) is 18.7 Å². The standard InChI is InChI=1S/C14H14Br2O2/c1-8-6-13(17-3)10(7-11(8)15)14(16)12-5-4-9(2)18-12/h4-7,14H,1-3H3. The zero-order valence-corrected chi connectivity index (χ0v) is 13.6. The van der Waals surface area contributed by atoms with Crippen LogP contribution in [0.3, 0.4) is 0 Å². The highest BCUT2D eigenvalue weighted by Crippen LogP contribution is 2.39. The molecule has 2 rings (SSSR count). The minimum absolute atomic E-state index is 0.0157. The lowest BCUT2D eigenvalue weighted by Gasteiger charge is -2.14. The summed E-state index contributed by atoms with van der Waals surface area (Å²) in [5.74, 6) is 2.63.